The molecule has 0 saturated heterocycles. The van der Waals surface area contributed by atoms with E-state index in [0.29, 0.717) is 10.6 Å². The van der Waals surface area contributed by atoms with Crippen molar-refractivity contribution in [3.63, 3.8) is 0 Å². The number of rotatable bonds is 6. The normalized spacial score (nSPS) is 10.5. The lowest BCUT2D eigenvalue weighted by atomic mass is 10.3. The number of nitrogens with one attached hydrogen (secondary N) is 2. The first kappa shape index (κ1) is 17.8. The number of carbonyl (C=O) groups is 3. The van der Waals surface area contributed by atoms with Crippen LogP contribution in [0.4, 0.5) is 9.52 Å². The van der Waals surface area contributed by atoms with E-state index in [-0.39, 0.29) is 19.6 Å². The van der Waals surface area contributed by atoms with Gasteiger partial charge in [0.25, 0.3) is 0 Å². The van der Waals surface area contributed by atoms with Gasteiger partial charge in [-0.05, 0) is 12.1 Å². The number of amides is 3. The van der Waals surface area contributed by atoms with E-state index in [0.717, 1.165) is 4.70 Å². The maximum Gasteiger partial charge on any atom is 0.245 e. The maximum atomic E-state index is 13.1. The molecule has 0 bridgehead atoms. The number of carbonyl (C=O) groups excluding carboxylic acids is 3. The number of fused-ring (bicyclic) bond motifs is 1. The number of thiazole rings is 1. The van der Waals surface area contributed by atoms with Crippen LogP contribution in [0.25, 0.3) is 10.2 Å². The van der Waals surface area contributed by atoms with Crippen molar-refractivity contribution < 1.29 is 18.8 Å². The molecule has 0 aliphatic heterocycles. The zero-order valence-corrected chi connectivity index (χ0v) is 13.7. The summed E-state index contributed by atoms with van der Waals surface area (Å²) in [5.41, 5.74) is 5.56. The standard InChI is InChI=1S/C14H16FN5O3S/c1-20(13(23)6-17-11(21)5-16)7-12(22)19-14-18-9-4-8(15)2-3-10(9)24-14/h2-4H,5-7,16H2,1H3,(H,17,21)(H,18,19,22). The van der Waals surface area contributed by atoms with Gasteiger partial charge in [0.1, 0.15) is 5.82 Å². The molecule has 3 amide bonds. The number of nitrogens with zero attached hydrogens (tertiary/aromatic N) is 2. The summed E-state index contributed by atoms with van der Waals surface area (Å²) in [6.07, 6.45) is 0. The third-order valence-corrected chi connectivity index (χ3v) is 3.98. The highest BCUT2D eigenvalue weighted by molar-refractivity contribution is 7.22. The molecule has 2 rings (SSSR count). The molecule has 0 fully saturated rings. The van der Waals surface area contributed by atoms with E-state index in [2.05, 4.69) is 15.6 Å². The molecule has 0 aliphatic carbocycles. The SMILES string of the molecule is CN(CC(=O)Nc1nc2cc(F)ccc2s1)C(=O)CNC(=O)CN. The van der Waals surface area contributed by atoms with Crippen molar-refractivity contribution in [2.24, 2.45) is 5.73 Å². The Labute approximate surface area is 140 Å². The highest BCUT2D eigenvalue weighted by Crippen LogP contribution is 2.26. The molecule has 8 nitrogen and oxygen atoms in total. The second-order valence-corrected chi connectivity index (χ2v) is 5.94. The number of halogens is 1. The lowest BCUT2D eigenvalue weighted by molar-refractivity contribution is -0.134. The van der Waals surface area contributed by atoms with Gasteiger partial charge >= 0.3 is 0 Å². The van der Waals surface area contributed by atoms with Crippen molar-refractivity contribution in [1.82, 2.24) is 15.2 Å². The van der Waals surface area contributed by atoms with Crippen molar-refractivity contribution in [2.45, 2.75) is 0 Å². The Morgan fingerprint density at radius 1 is 1.33 bits per heavy atom. The number of nitrogens with two attached hydrogens (primary N) is 1. The highest BCUT2D eigenvalue weighted by Gasteiger charge is 2.15. The van der Waals surface area contributed by atoms with E-state index < -0.39 is 23.5 Å². The molecule has 4 N–H and O–H groups in total. The fourth-order valence-corrected chi connectivity index (χ4v) is 2.66. The first-order valence-electron chi connectivity index (χ1n) is 6.95. The van der Waals surface area contributed by atoms with E-state index in [9.17, 15) is 18.8 Å². The van der Waals surface area contributed by atoms with Crippen molar-refractivity contribution in [3.8, 4) is 0 Å². The fourth-order valence-electron chi connectivity index (χ4n) is 1.80. The van der Waals surface area contributed by atoms with Crippen molar-refractivity contribution >= 4 is 44.4 Å². The second-order valence-electron chi connectivity index (χ2n) is 4.91. The zero-order chi connectivity index (χ0) is 17.7. The number of anilines is 1. The van der Waals surface area contributed by atoms with Crippen LogP contribution in [0.2, 0.25) is 0 Å². The van der Waals surface area contributed by atoms with Gasteiger partial charge in [0.2, 0.25) is 17.7 Å². The molecule has 24 heavy (non-hydrogen) atoms. The average Bonchev–Trinajstić information content (AvgIpc) is 2.92. The highest BCUT2D eigenvalue weighted by atomic mass is 32.1. The molecule has 0 aliphatic rings. The summed E-state index contributed by atoms with van der Waals surface area (Å²) >= 11 is 1.20. The van der Waals surface area contributed by atoms with Crippen LogP contribution in [0, 0.1) is 5.82 Å². The number of likely N-dealkylation sites (N-methyl/N-ethyl adjacent to an activating group) is 1. The number of aromatic nitrogens is 1. The molecule has 0 radical (unpaired) electrons. The van der Waals surface area contributed by atoms with Gasteiger partial charge in [-0.2, -0.15) is 0 Å². The molecular formula is C14H16FN5O3S. The first-order chi connectivity index (χ1) is 11.4. The summed E-state index contributed by atoms with van der Waals surface area (Å²) in [7, 11) is 1.43. The van der Waals surface area contributed by atoms with Crippen LogP contribution in [0.5, 0.6) is 0 Å². The smallest absolute Gasteiger partial charge is 0.245 e. The minimum atomic E-state index is -0.456. The van der Waals surface area contributed by atoms with Crippen LogP contribution in [0.3, 0.4) is 0 Å². The van der Waals surface area contributed by atoms with Crippen molar-refractivity contribution in [3.05, 3.63) is 24.0 Å². The zero-order valence-electron chi connectivity index (χ0n) is 12.8. The Morgan fingerprint density at radius 2 is 2.08 bits per heavy atom. The third-order valence-electron chi connectivity index (χ3n) is 3.02. The molecule has 128 valence electrons. The summed E-state index contributed by atoms with van der Waals surface area (Å²) in [6, 6.07) is 4.17. The van der Waals surface area contributed by atoms with Crippen LogP contribution in [-0.4, -0.2) is 54.3 Å². The minimum Gasteiger partial charge on any atom is -0.346 e. The monoisotopic (exact) mass is 353 g/mol. The predicted molar refractivity (Wildman–Crippen MR) is 87.9 cm³/mol. The minimum absolute atomic E-state index is 0.207. The van der Waals surface area contributed by atoms with Crippen LogP contribution < -0.4 is 16.4 Å². The van der Waals surface area contributed by atoms with Gasteiger partial charge in [-0.25, -0.2) is 9.37 Å². The largest absolute Gasteiger partial charge is 0.346 e. The van der Waals surface area contributed by atoms with Gasteiger partial charge in [-0.1, -0.05) is 11.3 Å². The summed E-state index contributed by atoms with van der Waals surface area (Å²) in [4.78, 5) is 40.0. The average molecular weight is 353 g/mol. The first-order valence-corrected chi connectivity index (χ1v) is 7.77. The molecule has 0 unspecified atom stereocenters. The van der Waals surface area contributed by atoms with Crippen molar-refractivity contribution in [2.75, 3.05) is 32.0 Å². The molecule has 0 spiro atoms. The van der Waals surface area contributed by atoms with Gasteiger partial charge in [-0.3, -0.25) is 14.4 Å². The summed E-state index contributed by atoms with van der Waals surface area (Å²) in [5.74, 6) is -1.74. The number of hydrogen-bond donors (Lipinski definition) is 3. The quantitative estimate of drug-likeness (QED) is 0.671. The Bertz CT molecular complexity index is 779. The van der Waals surface area contributed by atoms with Crippen LogP contribution >= 0.6 is 11.3 Å². The van der Waals surface area contributed by atoms with Crippen LogP contribution in [0.15, 0.2) is 18.2 Å². The molecule has 1 heterocycles. The molecule has 10 heteroatoms. The van der Waals surface area contributed by atoms with Crippen LogP contribution in [-0.2, 0) is 14.4 Å². The van der Waals surface area contributed by atoms with Gasteiger partial charge in [-0.15, -0.1) is 0 Å². The molecule has 0 atom stereocenters. The lowest BCUT2D eigenvalue weighted by Crippen LogP contribution is -2.42. The Balaban J connectivity index is 1.89. The van der Waals surface area contributed by atoms with Gasteiger partial charge in [0.15, 0.2) is 5.13 Å². The topological polar surface area (TPSA) is 117 Å². The summed E-state index contributed by atoms with van der Waals surface area (Å²) in [6.45, 7) is -0.655. The van der Waals surface area contributed by atoms with E-state index >= 15 is 0 Å². The van der Waals surface area contributed by atoms with Crippen molar-refractivity contribution in [1.29, 1.82) is 0 Å². The van der Waals surface area contributed by atoms with E-state index in [4.69, 9.17) is 5.73 Å². The lowest BCUT2D eigenvalue weighted by Gasteiger charge is -2.16. The summed E-state index contributed by atoms with van der Waals surface area (Å²) < 4.78 is 13.9. The van der Waals surface area contributed by atoms with Gasteiger partial charge in [0.05, 0.1) is 29.9 Å². The number of benzene rings is 1. The molecule has 1 aromatic heterocycles. The predicted octanol–water partition coefficient (Wildman–Crippen LogP) is -0.0928. The molecule has 0 saturated carbocycles. The Morgan fingerprint density at radius 3 is 2.79 bits per heavy atom. The molecule has 2 aromatic rings. The van der Waals surface area contributed by atoms with E-state index in [1.807, 2.05) is 0 Å². The van der Waals surface area contributed by atoms with Crippen LogP contribution in [0.1, 0.15) is 0 Å². The van der Waals surface area contributed by atoms with E-state index in [1.165, 1.54) is 35.4 Å². The molecule has 1 aromatic carbocycles. The fraction of sp³-hybridized carbons (Fsp3) is 0.286. The Hall–Kier alpha value is -2.59. The molecular weight excluding hydrogens is 337 g/mol. The van der Waals surface area contributed by atoms with E-state index in [1.54, 1.807) is 6.07 Å². The second kappa shape index (κ2) is 7.79. The summed E-state index contributed by atoms with van der Waals surface area (Å²) in [5, 5.41) is 5.20. The third kappa shape index (κ3) is 4.70. The number of hydrogen-bond acceptors (Lipinski definition) is 6. The van der Waals surface area contributed by atoms with Gasteiger partial charge < -0.3 is 21.3 Å². The maximum absolute atomic E-state index is 13.1. The Kier molecular flexibility index (Phi) is 5.77. The van der Waals surface area contributed by atoms with Gasteiger partial charge in [0, 0.05) is 13.1 Å².